The molecule has 3 N–H and O–H groups in total. The molecule has 1 rings (SSSR count). The smallest absolute Gasteiger partial charge is 0.405 e. The second kappa shape index (κ2) is 7.68. The maximum Gasteiger partial charge on any atom is 0.405 e. The Bertz CT molecular complexity index is 327. The van der Waals surface area contributed by atoms with Gasteiger partial charge in [-0.2, -0.15) is 0 Å². The molecule has 0 fully saturated rings. The van der Waals surface area contributed by atoms with Crippen molar-refractivity contribution in [3.8, 4) is 0 Å². The van der Waals surface area contributed by atoms with Crippen molar-refractivity contribution in [1.82, 2.24) is 5.32 Å². The lowest BCUT2D eigenvalue weighted by molar-refractivity contribution is 0.0995. The molecule has 1 unspecified atom stereocenters. The van der Waals surface area contributed by atoms with Gasteiger partial charge < -0.3 is 15.8 Å². The van der Waals surface area contributed by atoms with E-state index in [2.05, 4.69) is 5.32 Å². The van der Waals surface area contributed by atoms with E-state index >= 15 is 0 Å². The zero-order valence-electron chi connectivity index (χ0n) is 10.2. The quantitative estimate of drug-likeness (QED) is 0.713. The number of hydrogen-bond donors (Lipinski definition) is 2. The van der Waals surface area contributed by atoms with E-state index in [1.54, 1.807) is 0 Å². The summed E-state index contributed by atoms with van der Waals surface area (Å²) in [5.74, 6) is 0. The van der Waals surface area contributed by atoms with Crippen molar-refractivity contribution in [1.29, 1.82) is 0 Å². The number of nitrogens with two attached hydrogens (primary N) is 1. The van der Waals surface area contributed by atoms with Crippen LogP contribution in [-0.2, 0) is 4.74 Å². The van der Waals surface area contributed by atoms with Gasteiger partial charge in [-0.25, -0.2) is 4.79 Å². The second-order valence-corrected chi connectivity index (χ2v) is 3.94. The molecule has 0 radical (unpaired) electrons. The van der Waals surface area contributed by atoms with Gasteiger partial charge in [-0.15, -0.1) is 0 Å². The first-order valence-corrected chi connectivity index (χ1v) is 5.89. The topological polar surface area (TPSA) is 64.3 Å². The molecule has 1 aromatic rings. The standard InChI is InChI=1S/C13H20N2O2/c1-15-10-6-5-9-12(17-13(14)16)11-7-3-2-4-8-11/h2-4,7-8,12,15H,5-6,9-10H2,1H3,(H2,14,16). The van der Waals surface area contributed by atoms with E-state index in [9.17, 15) is 4.79 Å². The number of primary amides is 1. The lowest BCUT2D eigenvalue weighted by Gasteiger charge is -2.16. The summed E-state index contributed by atoms with van der Waals surface area (Å²) in [5.41, 5.74) is 6.08. The molecule has 1 aromatic carbocycles. The Kier molecular flexibility index (Phi) is 6.10. The molecule has 17 heavy (non-hydrogen) atoms. The number of ether oxygens (including phenoxy) is 1. The van der Waals surface area contributed by atoms with Crippen molar-refractivity contribution in [2.45, 2.75) is 25.4 Å². The Morgan fingerprint density at radius 1 is 1.35 bits per heavy atom. The summed E-state index contributed by atoms with van der Waals surface area (Å²) in [6.07, 6.45) is 1.91. The highest BCUT2D eigenvalue weighted by Gasteiger charge is 2.14. The molecule has 0 heterocycles. The lowest BCUT2D eigenvalue weighted by Crippen LogP contribution is -2.18. The summed E-state index contributed by atoms with van der Waals surface area (Å²) in [4.78, 5) is 10.9. The van der Waals surface area contributed by atoms with Crippen molar-refractivity contribution < 1.29 is 9.53 Å². The maximum atomic E-state index is 10.9. The Balaban J connectivity index is 2.52. The van der Waals surface area contributed by atoms with E-state index in [-0.39, 0.29) is 6.10 Å². The lowest BCUT2D eigenvalue weighted by atomic mass is 10.0. The molecule has 0 saturated carbocycles. The normalized spacial score (nSPS) is 12.1. The van der Waals surface area contributed by atoms with Gasteiger partial charge in [0.15, 0.2) is 0 Å². The molecule has 0 saturated heterocycles. The third kappa shape index (κ3) is 5.36. The molecule has 0 spiro atoms. The Labute approximate surface area is 102 Å². The van der Waals surface area contributed by atoms with Crippen molar-refractivity contribution in [2.75, 3.05) is 13.6 Å². The first kappa shape index (κ1) is 13.5. The molecule has 0 aliphatic carbocycles. The van der Waals surface area contributed by atoms with Gasteiger partial charge in [0.25, 0.3) is 0 Å². The zero-order chi connectivity index (χ0) is 12.5. The Morgan fingerprint density at radius 2 is 2.06 bits per heavy atom. The Morgan fingerprint density at radius 3 is 2.65 bits per heavy atom. The van der Waals surface area contributed by atoms with E-state index in [0.29, 0.717) is 0 Å². The van der Waals surface area contributed by atoms with Crippen molar-refractivity contribution in [3.63, 3.8) is 0 Å². The van der Waals surface area contributed by atoms with Gasteiger partial charge in [-0.05, 0) is 38.4 Å². The van der Waals surface area contributed by atoms with Crippen molar-refractivity contribution in [3.05, 3.63) is 35.9 Å². The number of hydrogen-bond acceptors (Lipinski definition) is 3. The summed E-state index contributed by atoms with van der Waals surface area (Å²) in [5, 5.41) is 3.09. The minimum absolute atomic E-state index is 0.231. The fourth-order valence-corrected chi connectivity index (χ4v) is 1.73. The summed E-state index contributed by atoms with van der Waals surface area (Å²) < 4.78 is 5.14. The van der Waals surface area contributed by atoms with Crippen LogP contribution >= 0.6 is 0 Å². The number of rotatable bonds is 7. The van der Waals surface area contributed by atoms with E-state index in [4.69, 9.17) is 10.5 Å². The molecule has 94 valence electrons. The third-order valence-electron chi connectivity index (χ3n) is 2.57. The molecule has 0 aliphatic rings. The number of nitrogens with one attached hydrogen (secondary N) is 1. The predicted octanol–water partition coefficient (Wildman–Crippen LogP) is 2.21. The van der Waals surface area contributed by atoms with Gasteiger partial charge in [-0.3, -0.25) is 0 Å². The number of unbranched alkanes of at least 4 members (excludes halogenated alkanes) is 1. The van der Waals surface area contributed by atoms with Crippen LogP contribution in [0.3, 0.4) is 0 Å². The van der Waals surface area contributed by atoms with E-state index < -0.39 is 6.09 Å². The van der Waals surface area contributed by atoms with Gasteiger partial charge in [0.05, 0.1) is 0 Å². The minimum atomic E-state index is -0.715. The van der Waals surface area contributed by atoms with Crippen LogP contribution in [-0.4, -0.2) is 19.7 Å². The van der Waals surface area contributed by atoms with Crippen LogP contribution in [0.5, 0.6) is 0 Å². The largest absolute Gasteiger partial charge is 0.442 e. The molecule has 1 atom stereocenters. The van der Waals surface area contributed by atoms with Crippen LogP contribution < -0.4 is 11.1 Å². The highest BCUT2D eigenvalue weighted by molar-refractivity contribution is 5.65. The third-order valence-corrected chi connectivity index (χ3v) is 2.57. The maximum absolute atomic E-state index is 10.9. The van der Waals surface area contributed by atoms with Crippen LogP contribution in [0.2, 0.25) is 0 Å². The van der Waals surface area contributed by atoms with Crippen LogP contribution in [0.4, 0.5) is 4.79 Å². The summed E-state index contributed by atoms with van der Waals surface area (Å²) in [7, 11) is 1.93. The highest BCUT2D eigenvalue weighted by atomic mass is 16.6. The first-order valence-electron chi connectivity index (χ1n) is 5.89. The fraction of sp³-hybridized carbons (Fsp3) is 0.462. The number of carbonyl (C=O) groups excluding carboxylic acids is 1. The molecule has 1 amide bonds. The number of benzene rings is 1. The molecular weight excluding hydrogens is 216 g/mol. The SMILES string of the molecule is CNCCCCC(OC(N)=O)c1ccccc1. The molecular formula is C13H20N2O2. The van der Waals surface area contributed by atoms with Gasteiger partial charge in [0.1, 0.15) is 6.10 Å². The average Bonchev–Trinajstić information content (AvgIpc) is 2.34. The monoisotopic (exact) mass is 236 g/mol. The molecule has 0 aromatic heterocycles. The number of carbonyl (C=O) groups is 1. The van der Waals surface area contributed by atoms with Crippen LogP contribution in [0.25, 0.3) is 0 Å². The van der Waals surface area contributed by atoms with Crippen molar-refractivity contribution in [2.24, 2.45) is 5.73 Å². The van der Waals surface area contributed by atoms with E-state index in [1.165, 1.54) is 0 Å². The molecule has 4 heteroatoms. The summed E-state index contributed by atoms with van der Waals surface area (Å²) >= 11 is 0. The van der Waals surface area contributed by atoms with Gasteiger partial charge in [0.2, 0.25) is 0 Å². The summed E-state index contributed by atoms with van der Waals surface area (Å²) in [6.45, 7) is 0.970. The van der Waals surface area contributed by atoms with Crippen LogP contribution in [0, 0.1) is 0 Å². The molecule has 0 aliphatic heterocycles. The second-order valence-electron chi connectivity index (χ2n) is 3.94. The van der Waals surface area contributed by atoms with E-state index in [1.807, 2.05) is 37.4 Å². The minimum Gasteiger partial charge on any atom is -0.442 e. The van der Waals surface area contributed by atoms with Crippen LogP contribution in [0.1, 0.15) is 30.9 Å². The average molecular weight is 236 g/mol. The number of amides is 1. The zero-order valence-corrected chi connectivity index (χ0v) is 10.2. The van der Waals surface area contributed by atoms with Crippen molar-refractivity contribution >= 4 is 6.09 Å². The van der Waals surface area contributed by atoms with Gasteiger partial charge in [-0.1, -0.05) is 30.3 Å². The van der Waals surface area contributed by atoms with E-state index in [0.717, 1.165) is 31.4 Å². The molecule has 0 bridgehead atoms. The van der Waals surface area contributed by atoms with Gasteiger partial charge in [0, 0.05) is 0 Å². The summed E-state index contributed by atoms with van der Waals surface area (Å²) in [6, 6.07) is 9.70. The first-order chi connectivity index (χ1) is 8.24. The fourth-order valence-electron chi connectivity index (χ4n) is 1.73. The van der Waals surface area contributed by atoms with Crippen LogP contribution in [0.15, 0.2) is 30.3 Å². The highest BCUT2D eigenvalue weighted by Crippen LogP contribution is 2.23. The Hall–Kier alpha value is -1.55. The van der Waals surface area contributed by atoms with Gasteiger partial charge >= 0.3 is 6.09 Å². The predicted molar refractivity (Wildman–Crippen MR) is 67.6 cm³/mol. The molecule has 4 nitrogen and oxygen atoms in total.